The molecular weight excluding hydrogens is 256 g/mol. The zero-order chi connectivity index (χ0) is 13.5. The minimum Gasteiger partial charge on any atom is -0.352 e. The summed E-state index contributed by atoms with van der Waals surface area (Å²) >= 11 is 5.85. The Hall–Kier alpha value is -1.62. The second-order valence-corrected chi connectivity index (χ2v) is 4.29. The van der Waals surface area contributed by atoms with E-state index < -0.39 is 4.92 Å². The molecule has 0 saturated carbocycles. The van der Waals surface area contributed by atoms with Crippen LogP contribution in [-0.2, 0) is 0 Å². The summed E-state index contributed by atoms with van der Waals surface area (Å²) in [6.07, 6.45) is 2.98. The van der Waals surface area contributed by atoms with E-state index in [0.717, 1.165) is 19.3 Å². The lowest BCUT2D eigenvalue weighted by atomic mass is 10.2. The van der Waals surface area contributed by atoms with Crippen LogP contribution in [-0.4, -0.2) is 17.4 Å². The fourth-order valence-corrected chi connectivity index (χ4v) is 1.68. The number of halogens is 1. The zero-order valence-corrected chi connectivity index (χ0v) is 10.9. The number of rotatable bonds is 6. The second kappa shape index (κ2) is 6.96. The molecule has 0 atom stereocenters. The number of hydrogen-bond acceptors (Lipinski definition) is 3. The van der Waals surface area contributed by atoms with E-state index >= 15 is 0 Å². The van der Waals surface area contributed by atoms with E-state index in [2.05, 4.69) is 12.2 Å². The molecule has 6 heteroatoms. The Balaban J connectivity index is 2.72. The van der Waals surface area contributed by atoms with E-state index in [9.17, 15) is 14.9 Å². The first-order valence-electron chi connectivity index (χ1n) is 5.78. The molecule has 0 unspecified atom stereocenters. The third-order valence-electron chi connectivity index (χ3n) is 2.47. The van der Waals surface area contributed by atoms with Crippen molar-refractivity contribution < 1.29 is 9.72 Å². The Morgan fingerprint density at radius 1 is 1.44 bits per heavy atom. The molecule has 0 heterocycles. The number of benzene rings is 1. The van der Waals surface area contributed by atoms with Crippen LogP contribution in [0, 0.1) is 10.1 Å². The topological polar surface area (TPSA) is 72.2 Å². The summed E-state index contributed by atoms with van der Waals surface area (Å²) in [5, 5.41) is 13.5. The molecule has 0 aliphatic heterocycles. The highest BCUT2D eigenvalue weighted by atomic mass is 35.5. The van der Waals surface area contributed by atoms with E-state index in [1.54, 1.807) is 0 Å². The quantitative estimate of drug-likeness (QED) is 0.490. The molecule has 0 aliphatic rings. The predicted molar refractivity (Wildman–Crippen MR) is 70.0 cm³/mol. The molecular formula is C12H15ClN2O3. The summed E-state index contributed by atoms with van der Waals surface area (Å²) < 4.78 is 0. The second-order valence-electron chi connectivity index (χ2n) is 3.88. The van der Waals surface area contributed by atoms with Crippen LogP contribution in [0.4, 0.5) is 5.69 Å². The normalized spacial score (nSPS) is 10.1. The highest BCUT2D eigenvalue weighted by Crippen LogP contribution is 2.21. The Labute approximate surface area is 110 Å². The van der Waals surface area contributed by atoms with E-state index in [-0.39, 0.29) is 22.2 Å². The number of amides is 1. The maximum absolute atomic E-state index is 11.8. The van der Waals surface area contributed by atoms with Gasteiger partial charge in [0, 0.05) is 18.7 Å². The molecule has 1 rings (SSSR count). The van der Waals surface area contributed by atoms with E-state index in [1.165, 1.54) is 18.2 Å². The molecule has 0 bridgehead atoms. The largest absolute Gasteiger partial charge is 0.352 e. The van der Waals surface area contributed by atoms with Crippen LogP contribution in [0.5, 0.6) is 0 Å². The number of unbranched alkanes of at least 4 members (excludes halogenated alkanes) is 2. The van der Waals surface area contributed by atoms with Crippen molar-refractivity contribution in [2.24, 2.45) is 0 Å². The van der Waals surface area contributed by atoms with Gasteiger partial charge in [-0.2, -0.15) is 0 Å². The van der Waals surface area contributed by atoms with E-state index in [1.807, 2.05) is 0 Å². The van der Waals surface area contributed by atoms with Gasteiger partial charge in [-0.3, -0.25) is 14.9 Å². The highest BCUT2D eigenvalue weighted by molar-refractivity contribution is 6.33. The lowest BCUT2D eigenvalue weighted by molar-refractivity contribution is -0.384. The molecule has 5 nitrogen and oxygen atoms in total. The average Bonchev–Trinajstić information content (AvgIpc) is 2.34. The molecule has 1 aromatic carbocycles. The molecule has 0 spiro atoms. The van der Waals surface area contributed by atoms with Crippen LogP contribution >= 0.6 is 11.6 Å². The number of hydrogen-bond donors (Lipinski definition) is 1. The number of nitrogens with zero attached hydrogens (tertiary/aromatic N) is 1. The Morgan fingerprint density at radius 2 is 2.17 bits per heavy atom. The Kier molecular flexibility index (Phi) is 5.58. The number of nitro benzene ring substituents is 1. The van der Waals surface area contributed by atoms with Crippen molar-refractivity contribution in [3.05, 3.63) is 38.9 Å². The van der Waals surface area contributed by atoms with Gasteiger partial charge in [-0.05, 0) is 12.5 Å². The smallest absolute Gasteiger partial charge is 0.270 e. The van der Waals surface area contributed by atoms with Crippen molar-refractivity contribution in [3.63, 3.8) is 0 Å². The lowest BCUT2D eigenvalue weighted by Gasteiger charge is -2.06. The van der Waals surface area contributed by atoms with Crippen LogP contribution in [0.15, 0.2) is 18.2 Å². The number of nitro groups is 1. The summed E-state index contributed by atoms with van der Waals surface area (Å²) in [5.41, 5.74) is 0.000438. The number of nitrogens with one attached hydrogen (secondary N) is 1. The van der Waals surface area contributed by atoms with Crippen molar-refractivity contribution >= 4 is 23.2 Å². The van der Waals surface area contributed by atoms with E-state index in [4.69, 9.17) is 11.6 Å². The van der Waals surface area contributed by atoms with Gasteiger partial charge in [-0.1, -0.05) is 31.4 Å². The molecule has 1 amide bonds. The fraction of sp³-hybridized carbons (Fsp3) is 0.417. The SMILES string of the molecule is CCCCCNC(=O)c1cc([N+](=O)[O-])ccc1Cl. The number of carbonyl (C=O) groups excluding carboxylic acids is 1. The van der Waals surface area contributed by atoms with Crippen LogP contribution in [0.3, 0.4) is 0 Å². The van der Waals surface area contributed by atoms with Crippen molar-refractivity contribution in [2.45, 2.75) is 26.2 Å². The van der Waals surface area contributed by atoms with E-state index in [0.29, 0.717) is 6.54 Å². The van der Waals surface area contributed by atoms with Gasteiger partial charge in [0.05, 0.1) is 15.5 Å². The maximum Gasteiger partial charge on any atom is 0.270 e. The molecule has 18 heavy (non-hydrogen) atoms. The maximum atomic E-state index is 11.8. The molecule has 0 saturated heterocycles. The minimum atomic E-state index is -0.551. The van der Waals surface area contributed by atoms with Gasteiger partial charge < -0.3 is 5.32 Å². The predicted octanol–water partition coefficient (Wildman–Crippen LogP) is 3.17. The van der Waals surface area contributed by atoms with Gasteiger partial charge in [0.2, 0.25) is 0 Å². The molecule has 0 fully saturated rings. The first kappa shape index (κ1) is 14.4. The summed E-state index contributed by atoms with van der Waals surface area (Å²) in [7, 11) is 0. The van der Waals surface area contributed by atoms with Crippen LogP contribution in [0.25, 0.3) is 0 Å². The Morgan fingerprint density at radius 3 is 2.78 bits per heavy atom. The van der Waals surface area contributed by atoms with Gasteiger partial charge in [-0.15, -0.1) is 0 Å². The minimum absolute atomic E-state index is 0.141. The third kappa shape index (κ3) is 4.00. The van der Waals surface area contributed by atoms with Gasteiger partial charge in [0.15, 0.2) is 0 Å². The third-order valence-corrected chi connectivity index (χ3v) is 2.80. The van der Waals surface area contributed by atoms with Gasteiger partial charge >= 0.3 is 0 Å². The number of carbonyl (C=O) groups is 1. The molecule has 0 radical (unpaired) electrons. The highest BCUT2D eigenvalue weighted by Gasteiger charge is 2.15. The monoisotopic (exact) mass is 270 g/mol. The molecule has 0 aromatic heterocycles. The van der Waals surface area contributed by atoms with Crippen LogP contribution in [0.2, 0.25) is 5.02 Å². The lowest BCUT2D eigenvalue weighted by Crippen LogP contribution is -2.24. The van der Waals surface area contributed by atoms with Crippen molar-refractivity contribution in [3.8, 4) is 0 Å². The first-order valence-corrected chi connectivity index (χ1v) is 6.16. The van der Waals surface area contributed by atoms with Gasteiger partial charge in [0.25, 0.3) is 11.6 Å². The fourth-order valence-electron chi connectivity index (χ4n) is 1.47. The Bertz CT molecular complexity index is 449. The first-order chi connectivity index (χ1) is 8.56. The van der Waals surface area contributed by atoms with Crippen molar-refractivity contribution in [2.75, 3.05) is 6.54 Å². The molecule has 98 valence electrons. The summed E-state index contributed by atoms with van der Waals surface area (Å²) in [5.74, 6) is -0.375. The number of non-ortho nitro benzene ring substituents is 1. The molecule has 0 aliphatic carbocycles. The van der Waals surface area contributed by atoms with Gasteiger partial charge in [-0.25, -0.2) is 0 Å². The van der Waals surface area contributed by atoms with Crippen molar-refractivity contribution in [1.29, 1.82) is 0 Å². The van der Waals surface area contributed by atoms with Crippen molar-refractivity contribution in [1.82, 2.24) is 5.32 Å². The van der Waals surface area contributed by atoms with Crippen LogP contribution < -0.4 is 5.32 Å². The summed E-state index contributed by atoms with van der Waals surface area (Å²) in [4.78, 5) is 21.9. The van der Waals surface area contributed by atoms with Gasteiger partial charge in [0.1, 0.15) is 0 Å². The zero-order valence-electron chi connectivity index (χ0n) is 10.1. The summed E-state index contributed by atoms with van der Waals surface area (Å²) in [6.45, 7) is 2.62. The summed E-state index contributed by atoms with van der Waals surface area (Å²) in [6, 6.07) is 3.83. The standard InChI is InChI=1S/C12H15ClN2O3/c1-2-3-4-7-14-12(16)10-8-9(15(17)18)5-6-11(10)13/h5-6,8H,2-4,7H2,1H3,(H,14,16). The van der Waals surface area contributed by atoms with Crippen LogP contribution in [0.1, 0.15) is 36.5 Å². The molecule has 1 N–H and O–H groups in total. The average molecular weight is 271 g/mol. The molecule has 1 aromatic rings.